The molecule has 63 valence electrons. The second-order valence-corrected chi connectivity index (χ2v) is 3.03. The molecule has 0 aliphatic rings. The fraction of sp³-hybridized carbons (Fsp3) is 0.300. The molecule has 0 heterocycles. The fourth-order valence-corrected chi connectivity index (χ4v) is 1.16. The molecule has 0 saturated heterocycles. The van der Waals surface area contributed by atoms with Crippen molar-refractivity contribution in [2.24, 2.45) is 0 Å². The standard InChI is InChI=1S/C10H12NO/c1-7-3-4-8(2)9(5-7)6-10(11)12/h3-5,11H,6H2,1-2H3. The molecule has 0 fully saturated rings. The Kier molecular flexibility index (Phi) is 2.48. The molecule has 1 rings (SSSR count). The van der Waals surface area contributed by atoms with Crippen LogP contribution in [0.3, 0.4) is 0 Å². The molecule has 0 aliphatic carbocycles. The van der Waals surface area contributed by atoms with Gasteiger partial charge in [0.05, 0.1) is 6.42 Å². The van der Waals surface area contributed by atoms with Crippen LogP contribution in [-0.2, 0) is 11.2 Å². The Morgan fingerprint density at radius 1 is 1.42 bits per heavy atom. The number of carbonyl (C=O) groups is 1. The fourth-order valence-electron chi connectivity index (χ4n) is 1.16. The van der Waals surface area contributed by atoms with Crippen molar-refractivity contribution in [1.29, 1.82) is 0 Å². The van der Waals surface area contributed by atoms with E-state index < -0.39 is 5.91 Å². The third-order valence-electron chi connectivity index (χ3n) is 1.86. The predicted molar refractivity (Wildman–Crippen MR) is 47.7 cm³/mol. The van der Waals surface area contributed by atoms with Gasteiger partial charge in [0.2, 0.25) is 5.91 Å². The summed E-state index contributed by atoms with van der Waals surface area (Å²) < 4.78 is 0. The molecule has 1 aromatic rings. The van der Waals surface area contributed by atoms with Crippen molar-refractivity contribution >= 4 is 5.91 Å². The second kappa shape index (κ2) is 3.39. The van der Waals surface area contributed by atoms with Crippen molar-refractivity contribution in [3.8, 4) is 0 Å². The van der Waals surface area contributed by atoms with Gasteiger partial charge in [-0.2, -0.15) is 0 Å². The Hall–Kier alpha value is -1.31. The van der Waals surface area contributed by atoms with Gasteiger partial charge in [-0.05, 0) is 25.0 Å². The van der Waals surface area contributed by atoms with Crippen LogP contribution in [0, 0.1) is 13.8 Å². The molecule has 2 nitrogen and oxygen atoms in total. The molecule has 1 amide bonds. The highest BCUT2D eigenvalue weighted by atomic mass is 16.1. The summed E-state index contributed by atoms with van der Waals surface area (Å²) in [4.78, 5) is 10.5. The van der Waals surface area contributed by atoms with Gasteiger partial charge < -0.3 is 0 Å². The molecule has 0 spiro atoms. The van der Waals surface area contributed by atoms with Crippen molar-refractivity contribution in [1.82, 2.24) is 5.73 Å². The SMILES string of the molecule is Cc1ccc(C)c(CC([NH])=O)c1. The van der Waals surface area contributed by atoms with Gasteiger partial charge in [0, 0.05) is 0 Å². The highest BCUT2D eigenvalue weighted by Crippen LogP contribution is 2.10. The molecule has 0 saturated carbocycles. The number of aryl methyl sites for hydroxylation is 2. The Bertz CT molecular complexity index is 305. The lowest BCUT2D eigenvalue weighted by molar-refractivity contribution is -0.118. The Morgan fingerprint density at radius 2 is 2.08 bits per heavy atom. The van der Waals surface area contributed by atoms with Crippen LogP contribution in [-0.4, -0.2) is 5.91 Å². The van der Waals surface area contributed by atoms with E-state index in [9.17, 15) is 4.79 Å². The summed E-state index contributed by atoms with van der Waals surface area (Å²) in [5.41, 5.74) is 10.0. The van der Waals surface area contributed by atoms with Crippen LogP contribution >= 0.6 is 0 Å². The van der Waals surface area contributed by atoms with E-state index in [-0.39, 0.29) is 6.42 Å². The molecule has 12 heavy (non-hydrogen) atoms. The first-order chi connectivity index (χ1) is 5.59. The minimum atomic E-state index is -0.524. The zero-order valence-electron chi connectivity index (χ0n) is 7.35. The van der Waals surface area contributed by atoms with Crippen LogP contribution in [0.25, 0.3) is 0 Å². The number of hydrogen-bond donors (Lipinski definition) is 0. The highest BCUT2D eigenvalue weighted by Gasteiger charge is 2.02. The van der Waals surface area contributed by atoms with Crippen molar-refractivity contribution < 1.29 is 4.79 Å². The lowest BCUT2D eigenvalue weighted by Gasteiger charge is -2.03. The van der Waals surface area contributed by atoms with E-state index in [1.54, 1.807) is 0 Å². The van der Waals surface area contributed by atoms with Gasteiger partial charge in [0.1, 0.15) is 0 Å². The van der Waals surface area contributed by atoms with Crippen molar-refractivity contribution in [2.45, 2.75) is 20.3 Å². The van der Waals surface area contributed by atoms with E-state index >= 15 is 0 Å². The predicted octanol–water partition coefficient (Wildman–Crippen LogP) is 1.66. The largest absolute Gasteiger partial charge is 0.273 e. The second-order valence-electron chi connectivity index (χ2n) is 3.03. The first-order valence-electron chi connectivity index (χ1n) is 3.90. The normalized spacial score (nSPS) is 9.83. The molecule has 0 atom stereocenters. The van der Waals surface area contributed by atoms with Gasteiger partial charge in [-0.25, -0.2) is 0 Å². The lowest BCUT2D eigenvalue weighted by Crippen LogP contribution is -2.04. The van der Waals surface area contributed by atoms with E-state index in [0.29, 0.717) is 0 Å². The van der Waals surface area contributed by atoms with E-state index in [1.807, 2.05) is 32.0 Å². The minimum absolute atomic E-state index is 0.230. The first kappa shape index (κ1) is 8.78. The molecule has 0 aliphatic heterocycles. The molecule has 1 aromatic carbocycles. The van der Waals surface area contributed by atoms with E-state index in [4.69, 9.17) is 5.73 Å². The van der Waals surface area contributed by atoms with Gasteiger partial charge in [-0.3, -0.25) is 10.5 Å². The van der Waals surface area contributed by atoms with Crippen LogP contribution in [0.4, 0.5) is 0 Å². The maximum Gasteiger partial charge on any atom is 0.242 e. The van der Waals surface area contributed by atoms with E-state index in [0.717, 1.165) is 16.7 Å². The monoisotopic (exact) mass is 162 g/mol. The van der Waals surface area contributed by atoms with Crippen LogP contribution in [0.1, 0.15) is 16.7 Å². The van der Waals surface area contributed by atoms with Gasteiger partial charge in [-0.15, -0.1) is 0 Å². The first-order valence-corrected chi connectivity index (χ1v) is 3.90. The summed E-state index contributed by atoms with van der Waals surface area (Å²) in [5.74, 6) is -0.524. The van der Waals surface area contributed by atoms with Crippen LogP contribution in [0.2, 0.25) is 0 Å². The Labute approximate surface area is 72.4 Å². The Balaban J connectivity index is 2.97. The van der Waals surface area contributed by atoms with E-state index in [2.05, 4.69) is 0 Å². The number of amides is 1. The average molecular weight is 162 g/mol. The third-order valence-corrected chi connectivity index (χ3v) is 1.86. The molecule has 0 bridgehead atoms. The summed E-state index contributed by atoms with van der Waals surface area (Å²) in [6.07, 6.45) is 0.230. The summed E-state index contributed by atoms with van der Waals surface area (Å²) in [6, 6.07) is 5.95. The molecular weight excluding hydrogens is 150 g/mol. The van der Waals surface area contributed by atoms with Crippen LogP contribution in [0.15, 0.2) is 18.2 Å². The topological polar surface area (TPSA) is 40.9 Å². The molecule has 0 unspecified atom stereocenters. The number of hydrogen-bond acceptors (Lipinski definition) is 1. The third kappa shape index (κ3) is 2.09. The quantitative estimate of drug-likeness (QED) is 0.652. The zero-order valence-corrected chi connectivity index (χ0v) is 7.35. The molecule has 2 heteroatoms. The highest BCUT2D eigenvalue weighted by molar-refractivity contribution is 5.76. The summed E-state index contributed by atoms with van der Waals surface area (Å²) in [7, 11) is 0. The lowest BCUT2D eigenvalue weighted by atomic mass is 10.0. The number of rotatable bonds is 2. The number of carbonyl (C=O) groups excluding carboxylic acids is 1. The number of benzene rings is 1. The van der Waals surface area contributed by atoms with Crippen molar-refractivity contribution in [3.63, 3.8) is 0 Å². The number of nitrogens with one attached hydrogen (secondary N) is 1. The summed E-state index contributed by atoms with van der Waals surface area (Å²) in [6.45, 7) is 3.94. The molecule has 1 radical (unpaired) electrons. The van der Waals surface area contributed by atoms with E-state index in [1.165, 1.54) is 0 Å². The van der Waals surface area contributed by atoms with Crippen molar-refractivity contribution in [3.05, 3.63) is 34.9 Å². The average Bonchev–Trinajstić information content (AvgIpc) is 1.96. The van der Waals surface area contributed by atoms with Gasteiger partial charge in [0.25, 0.3) is 0 Å². The van der Waals surface area contributed by atoms with Gasteiger partial charge in [-0.1, -0.05) is 23.8 Å². The minimum Gasteiger partial charge on any atom is -0.273 e. The zero-order chi connectivity index (χ0) is 9.14. The molecular formula is C10H12NO. The smallest absolute Gasteiger partial charge is 0.242 e. The van der Waals surface area contributed by atoms with Crippen molar-refractivity contribution in [2.75, 3.05) is 0 Å². The summed E-state index contributed by atoms with van der Waals surface area (Å²) >= 11 is 0. The van der Waals surface area contributed by atoms with Crippen LogP contribution < -0.4 is 5.73 Å². The summed E-state index contributed by atoms with van der Waals surface area (Å²) in [5, 5.41) is 0. The maximum atomic E-state index is 10.5. The maximum absolute atomic E-state index is 10.5. The van der Waals surface area contributed by atoms with Gasteiger partial charge in [0.15, 0.2) is 0 Å². The van der Waals surface area contributed by atoms with Gasteiger partial charge >= 0.3 is 0 Å². The molecule has 0 aromatic heterocycles. The Morgan fingerprint density at radius 3 is 2.67 bits per heavy atom. The molecule has 1 N–H and O–H groups in total. The van der Waals surface area contributed by atoms with Crippen LogP contribution in [0.5, 0.6) is 0 Å².